The molecule has 2 N–H and O–H groups in total. The molecule has 0 spiro atoms. The van der Waals surface area contributed by atoms with Crippen molar-refractivity contribution in [3.8, 4) is 5.75 Å². The van der Waals surface area contributed by atoms with Gasteiger partial charge in [-0.3, -0.25) is 15.4 Å². The van der Waals surface area contributed by atoms with Gasteiger partial charge in [0.25, 0.3) is 5.69 Å². The molecule has 0 unspecified atom stereocenters. The second-order valence-corrected chi connectivity index (χ2v) is 6.39. The molecule has 0 saturated heterocycles. The Bertz CT molecular complexity index is 1030. The van der Waals surface area contributed by atoms with Gasteiger partial charge in [0.15, 0.2) is 5.11 Å². The van der Waals surface area contributed by atoms with Crippen LogP contribution in [0, 0.1) is 10.1 Å². The molecule has 1 heterocycles. The van der Waals surface area contributed by atoms with Crippen LogP contribution in [0.2, 0.25) is 5.02 Å². The van der Waals surface area contributed by atoms with E-state index in [0.717, 1.165) is 5.56 Å². The lowest BCUT2D eigenvalue weighted by molar-refractivity contribution is -0.384. The second kappa shape index (κ2) is 8.63. The summed E-state index contributed by atoms with van der Waals surface area (Å²) in [5.41, 5.74) is 1.30. The fourth-order valence-corrected chi connectivity index (χ4v) is 2.78. The fraction of sp³-hybridized carbons (Fsp3) is 0.118. The molecule has 0 radical (unpaired) electrons. The summed E-state index contributed by atoms with van der Waals surface area (Å²) in [5.74, 6) is 0.584. The Hall–Kier alpha value is -3.24. The van der Waals surface area contributed by atoms with Gasteiger partial charge in [0.1, 0.15) is 12.1 Å². The highest BCUT2D eigenvalue weighted by atomic mass is 35.5. The maximum absolute atomic E-state index is 10.9. The monoisotopic (exact) mass is 418 g/mol. The first-order valence-electron chi connectivity index (χ1n) is 7.99. The molecule has 0 fully saturated rings. The van der Waals surface area contributed by atoms with E-state index in [0.29, 0.717) is 23.2 Å². The van der Waals surface area contributed by atoms with Crippen molar-refractivity contribution in [3.63, 3.8) is 0 Å². The number of hydrogen-bond acceptors (Lipinski definition) is 6. The normalized spacial score (nSPS) is 10.4. The molecule has 0 atom stereocenters. The van der Waals surface area contributed by atoms with Gasteiger partial charge in [0.05, 0.1) is 30.3 Å². The molecule has 1 aromatic heterocycles. The van der Waals surface area contributed by atoms with E-state index in [1.807, 2.05) is 24.3 Å². The van der Waals surface area contributed by atoms with Crippen molar-refractivity contribution < 1.29 is 9.66 Å². The average molecular weight is 419 g/mol. The number of nitro benzene ring substituents is 1. The SMILES string of the molecule is COc1cc([N+](=O)[O-])ccc1NC(=S)Nc1ncn(Cc2ccccc2Cl)n1. The molecule has 3 aromatic rings. The number of halogens is 1. The zero-order valence-electron chi connectivity index (χ0n) is 14.6. The highest BCUT2D eigenvalue weighted by Gasteiger charge is 2.13. The first-order valence-corrected chi connectivity index (χ1v) is 8.78. The van der Waals surface area contributed by atoms with Crippen LogP contribution in [0.15, 0.2) is 48.8 Å². The predicted molar refractivity (Wildman–Crippen MR) is 110 cm³/mol. The third-order valence-corrected chi connectivity index (χ3v) is 4.27. The number of anilines is 2. The highest BCUT2D eigenvalue weighted by Crippen LogP contribution is 2.29. The van der Waals surface area contributed by atoms with Crippen molar-refractivity contribution in [1.29, 1.82) is 0 Å². The molecule has 2 aromatic carbocycles. The highest BCUT2D eigenvalue weighted by molar-refractivity contribution is 7.80. The van der Waals surface area contributed by atoms with Crippen molar-refractivity contribution in [2.24, 2.45) is 0 Å². The Morgan fingerprint density at radius 2 is 2.11 bits per heavy atom. The lowest BCUT2D eigenvalue weighted by Gasteiger charge is -2.11. The van der Waals surface area contributed by atoms with E-state index in [1.54, 1.807) is 11.0 Å². The minimum Gasteiger partial charge on any atom is -0.494 e. The van der Waals surface area contributed by atoms with Crippen LogP contribution < -0.4 is 15.4 Å². The summed E-state index contributed by atoms with van der Waals surface area (Å²) in [6, 6.07) is 11.6. The Morgan fingerprint density at radius 3 is 2.82 bits per heavy atom. The summed E-state index contributed by atoms with van der Waals surface area (Å²) < 4.78 is 6.79. The molecule has 28 heavy (non-hydrogen) atoms. The molecular weight excluding hydrogens is 404 g/mol. The zero-order valence-corrected chi connectivity index (χ0v) is 16.2. The number of benzene rings is 2. The summed E-state index contributed by atoms with van der Waals surface area (Å²) in [4.78, 5) is 14.5. The van der Waals surface area contributed by atoms with Crippen molar-refractivity contribution in [2.75, 3.05) is 17.7 Å². The van der Waals surface area contributed by atoms with Gasteiger partial charge in [-0.05, 0) is 29.9 Å². The number of methoxy groups -OCH3 is 1. The van der Waals surface area contributed by atoms with Gasteiger partial charge in [-0.15, -0.1) is 5.10 Å². The Balaban J connectivity index is 1.65. The molecule has 0 bridgehead atoms. The summed E-state index contributed by atoms with van der Waals surface area (Å²) in [7, 11) is 1.42. The number of aromatic nitrogens is 3. The van der Waals surface area contributed by atoms with Crippen LogP contribution in [-0.4, -0.2) is 31.9 Å². The van der Waals surface area contributed by atoms with Gasteiger partial charge in [-0.2, -0.15) is 0 Å². The Labute approximate surface area is 170 Å². The summed E-state index contributed by atoms with van der Waals surface area (Å²) in [6.45, 7) is 0.463. The van der Waals surface area contributed by atoms with Crippen molar-refractivity contribution in [1.82, 2.24) is 14.8 Å². The summed E-state index contributed by atoms with van der Waals surface area (Å²) in [5, 5.41) is 21.8. The second-order valence-electron chi connectivity index (χ2n) is 5.58. The molecule has 0 aliphatic heterocycles. The molecule has 0 aliphatic carbocycles. The zero-order chi connectivity index (χ0) is 20.1. The van der Waals surface area contributed by atoms with E-state index in [1.165, 1.54) is 25.3 Å². The lowest BCUT2D eigenvalue weighted by Crippen LogP contribution is -2.20. The van der Waals surface area contributed by atoms with E-state index >= 15 is 0 Å². The third kappa shape index (κ3) is 4.72. The van der Waals surface area contributed by atoms with Gasteiger partial charge < -0.3 is 10.1 Å². The average Bonchev–Trinajstić information content (AvgIpc) is 3.10. The smallest absolute Gasteiger partial charge is 0.273 e. The topological polar surface area (TPSA) is 107 Å². The number of rotatable bonds is 6. The van der Waals surface area contributed by atoms with Crippen molar-refractivity contribution in [2.45, 2.75) is 6.54 Å². The van der Waals surface area contributed by atoms with E-state index in [9.17, 15) is 10.1 Å². The van der Waals surface area contributed by atoms with E-state index < -0.39 is 4.92 Å². The molecule has 3 rings (SSSR count). The number of ether oxygens (including phenoxy) is 1. The van der Waals surface area contributed by atoms with Crippen LogP contribution >= 0.6 is 23.8 Å². The summed E-state index contributed by atoms with van der Waals surface area (Å²) >= 11 is 11.4. The van der Waals surface area contributed by atoms with Gasteiger partial charge in [-0.1, -0.05) is 29.8 Å². The summed E-state index contributed by atoms with van der Waals surface area (Å²) in [6.07, 6.45) is 1.56. The van der Waals surface area contributed by atoms with Gasteiger partial charge in [-0.25, -0.2) is 9.67 Å². The maximum Gasteiger partial charge on any atom is 0.273 e. The Morgan fingerprint density at radius 1 is 1.32 bits per heavy atom. The van der Waals surface area contributed by atoms with Gasteiger partial charge >= 0.3 is 0 Å². The van der Waals surface area contributed by atoms with Crippen LogP contribution in [0.4, 0.5) is 17.3 Å². The number of thiocarbonyl (C=S) groups is 1. The van der Waals surface area contributed by atoms with Crippen molar-refractivity contribution in [3.05, 3.63) is 69.5 Å². The third-order valence-electron chi connectivity index (χ3n) is 3.70. The maximum atomic E-state index is 10.9. The van der Waals surface area contributed by atoms with E-state index in [4.69, 9.17) is 28.6 Å². The number of nitro groups is 1. The standard InChI is InChI=1S/C17H15ClN6O3S/c1-27-15-8-12(24(25)26)6-7-14(15)20-17(28)21-16-19-10-23(22-16)9-11-4-2-3-5-13(11)18/h2-8,10H,9H2,1H3,(H2,20,21,22,28). The number of nitrogens with zero attached hydrogens (tertiary/aromatic N) is 4. The van der Waals surface area contributed by atoms with Crippen LogP contribution in [0.5, 0.6) is 5.75 Å². The number of non-ortho nitro benzene ring substituents is 1. The molecule has 0 saturated carbocycles. The minimum absolute atomic E-state index is 0.0822. The molecule has 0 amide bonds. The molecule has 9 nitrogen and oxygen atoms in total. The molecule has 0 aliphatic rings. The number of hydrogen-bond donors (Lipinski definition) is 2. The first kappa shape index (κ1) is 19.5. The fourth-order valence-electron chi connectivity index (χ4n) is 2.38. The molecule has 144 valence electrons. The predicted octanol–water partition coefficient (Wildman–Crippen LogP) is 3.71. The first-order chi connectivity index (χ1) is 13.5. The van der Waals surface area contributed by atoms with Gasteiger partial charge in [0, 0.05) is 11.1 Å². The Kier molecular flexibility index (Phi) is 6.02. The molecular formula is C17H15ClN6O3S. The van der Waals surface area contributed by atoms with E-state index in [-0.39, 0.29) is 16.5 Å². The minimum atomic E-state index is -0.502. The quantitative estimate of drug-likeness (QED) is 0.354. The van der Waals surface area contributed by atoms with Crippen molar-refractivity contribution >= 4 is 46.3 Å². The largest absolute Gasteiger partial charge is 0.494 e. The number of nitrogens with one attached hydrogen (secondary N) is 2. The van der Waals surface area contributed by atoms with Gasteiger partial charge in [0.2, 0.25) is 5.95 Å². The molecule has 11 heteroatoms. The van der Waals surface area contributed by atoms with Crippen LogP contribution in [0.3, 0.4) is 0 Å². The van der Waals surface area contributed by atoms with Crippen LogP contribution in [-0.2, 0) is 6.54 Å². The van der Waals surface area contributed by atoms with E-state index in [2.05, 4.69) is 20.7 Å². The lowest BCUT2D eigenvalue weighted by atomic mass is 10.2. The van der Waals surface area contributed by atoms with Crippen LogP contribution in [0.1, 0.15) is 5.56 Å². The van der Waals surface area contributed by atoms with Crippen LogP contribution in [0.25, 0.3) is 0 Å².